The highest BCUT2D eigenvalue weighted by molar-refractivity contribution is 5.97. The van der Waals surface area contributed by atoms with Gasteiger partial charge in [0.15, 0.2) is 0 Å². The molecule has 3 aromatic rings. The lowest BCUT2D eigenvalue weighted by atomic mass is 9.89. The highest BCUT2D eigenvalue weighted by Gasteiger charge is 2.21. The van der Waals surface area contributed by atoms with Crippen LogP contribution in [-0.2, 0) is 13.1 Å². The van der Waals surface area contributed by atoms with E-state index in [1.165, 1.54) is 32.1 Å². The second-order valence-corrected chi connectivity index (χ2v) is 7.81. The minimum atomic E-state index is 0.631. The number of rotatable bonds is 6. The van der Waals surface area contributed by atoms with Crippen LogP contribution in [0.5, 0.6) is 5.75 Å². The average molecular weight is 368 g/mol. The van der Waals surface area contributed by atoms with Crippen LogP contribution < -0.4 is 4.74 Å². The molecule has 1 aliphatic carbocycles. The van der Waals surface area contributed by atoms with Crippen LogP contribution in [0.1, 0.15) is 38.0 Å². The Hall–Kier alpha value is -2.34. The van der Waals surface area contributed by atoms with Gasteiger partial charge in [-0.05, 0) is 38.9 Å². The second kappa shape index (κ2) is 7.72. The molecule has 0 saturated heterocycles. The molecule has 0 atom stereocenters. The van der Waals surface area contributed by atoms with E-state index in [0.29, 0.717) is 18.3 Å². The molecule has 27 heavy (non-hydrogen) atoms. The number of aromatic nitrogens is 3. The van der Waals surface area contributed by atoms with Crippen LogP contribution in [-0.4, -0.2) is 40.8 Å². The summed E-state index contributed by atoms with van der Waals surface area (Å²) in [4.78, 5) is 6.63. The molecule has 0 aliphatic heterocycles. The second-order valence-electron chi connectivity index (χ2n) is 7.81. The molecule has 0 bridgehead atoms. The molecule has 6 nitrogen and oxygen atoms in total. The van der Waals surface area contributed by atoms with Crippen LogP contribution in [0.2, 0.25) is 0 Å². The SMILES string of the molecule is COc1cccc2c(-c3noc(CN(C)C)n3)cn(CC3CCCCC3)c12. The lowest BCUT2D eigenvalue weighted by Crippen LogP contribution is -2.13. The van der Waals surface area contributed by atoms with E-state index in [1.54, 1.807) is 7.11 Å². The zero-order chi connectivity index (χ0) is 18.8. The van der Waals surface area contributed by atoms with Gasteiger partial charge in [0.05, 0.1) is 19.2 Å². The fraction of sp³-hybridized carbons (Fsp3) is 0.524. The van der Waals surface area contributed by atoms with E-state index in [0.717, 1.165) is 34.7 Å². The quantitative estimate of drug-likeness (QED) is 0.648. The number of fused-ring (bicyclic) bond motifs is 1. The lowest BCUT2D eigenvalue weighted by molar-refractivity contribution is 0.303. The Morgan fingerprint density at radius 1 is 1.22 bits per heavy atom. The van der Waals surface area contributed by atoms with Crippen LogP contribution in [0, 0.1) is 5.92 Å². The van der Waals surface area contributed by atoms with E-state index in [1.807, 2.05) is 31.1 Å². The third-order valence-corrected chi connectivity index (χ3v) is 5.42. The van der Waals surface area contributed by atoms with Gasteiger partial charge in [0.2, 0.25) is 11.7 Å². The van der Waals surface area contributed by atoms with E-state index in [4.69, 9.17) is 9.26 Å². The third-order valence-electron chi connectivity index (χ3n) is 5.42. The van der Waals surface area contributed by atoms with E-state index in [2.05, 4.69) is 27.0 Å². The highest BCUT2D eigenvalue weighted by Crippen LogP contribution is 2.36. The number of hydrogen-bond acceptors (Lipinski definition) is 5. The van der Waals surface area contributed by atoms with Crippen molar-refractivity contribution in [3.8, 4) is 17.1 Å². The van der Waals surface area contributed by atoms with E-state index >= 15 is 0 Å². The Balaban J connectivity index is 1.75. The summed E-state index contributed by atoms with van der Waals surface area (Å²) in [6.45, 7) is 1.65. The van der Waals surface area contributed by atoms with Gasteiger partial charge in [0.1, 0.15) is 5.75 Å². The van der Waals surface area contributed by atoms with Crippen molar-refractivity contribution in [1.29, 1.82) is 0 Å². The van der Waals surface area contributed by atoms with Crippen LogP contribution in [0.15, 0.2) is 28.9 Å². The van der Waals surface area contributed by atoms with Crippen molar-refractivity contribution in [2.24, 2.45) is 5.92 Å². The first-order valence-corrected chi connectivity index (χ1v) is 9.79. The van der Waals surface area contributed by atoms with Crippen LogP contribution >= 0.6 is 0 Å². The van der Waals surface area contributed by atoms with Crippen molar-refractivity contribution in [1.82, 2.24) is 19.6 Å². The summed E-state index contributed by atoms with van der Waals surface area (Å²) < 4.78 is 13.5. The molecule has 1 fully saturated rings. The molecule has 2 heterocycles. The molecule has 0 spiro atoms. The van der Waals surface area contributed by atoms with Gasteiger partial charge >= 0.3 is 0 Å². The number of benzene rings is 1. The Kier molecular flexibility index (Phi) is 5.16. The van der Waals surface area contributed by atoms with Gasteiger partial charge in [-0.1, -0.05) is 36.6 Å². The highest BCUT2D eigenvalue weighted by atomic mass is 16.5. The van der Waals surface area contributed by atoms with Gasteiger partial charge < -0.3 is 18.7 Å². The van der Waals surface area contributed by atoms with E-state index in [9.17, 15) is 0 Å². The molecule has 0 N–H and O–H groups in total. The molecule has 4 rings (SSSR count). The predicted octanol–water partition coefficient (Wildman–Crippen LogP) is 4.34. The van der Waals surface area contributed by atoms with Gasteiger partial charge in [0, 0.05) is 23.7 Å². The molecule has 2 aromatic heterocycles. The number of para-hydroxylation sites is 1. The van der Waals surface area contributed by atoms with Crippen molar-refractivity contribution in [3.63, 3.8) is 0 Å². The molecule has 0 radical (unpaired) electrons. The topological polar surface area (TPSA) is 56.3 Å². The standard InChI is InChI=1S/C21H28N4O2/c1-24(2)14-19-22-21(23-27-19)17-13-25(12-15-8-5-4-6-9-15)20-16(17)10-7-11-18(20)26-3/h7,10-11,13,15H,4-6,8-9,12,14H2,1-3H3. The summed E-state index contributed by atoms with van der Waals surface area (Å²) in [6, 6.07) is 6.17. The van der Waals surface area contributed by atoms with Crippen molar-refractivity contribution in [3.05, 3.63) is 30.3 Å². The zero-order valence-corrected chi connectivity index (χ0v) is 16.4. The Morgan fingerprint density at radius 3 is 2.78 bits per heavy atom. The minimum Gasteiger partial charge on any atom is -0.495 e. The molecule has 0 unspecified atom stereocenters. The molecule has 1 saturated carbocycles. The monoisotopic (exact) mass is 368 g/mol. The summed E-state index contributed by atoms with van der Waals surface area (Å²) in [5.41, 5.74) is 2.13. The minimum absolute atomic E-state index is 0.631. The Morgan fingerprint density at radius 2 is 2.04 bits per heavy atom. The van der Waals surface area contributed by atoms with Gasteiger partial charge in [-0.15, -0.1) is 0 Å². The van der Waals surface area contributed by atoms with Crippen LogP contribution in [0.25, 0.3) is 22.3 Å². The van der Waals surface area contributed by atoms with Gasteiger partial charge in [-0.3, -0.25) is 0 Å². The molecule has 6 heteroatoms. The van der Waals surface area contributed by atoms with Crippen molar-refractivity contribution in [2.75, 3.05) is 21.2 Å². The fourth-order valence-electron chi connectivity index (χ4n) is 4.16. The van der Waals surface area contributed by atoms with Crippen molar-refractivity contribution >= 4 is 10.9 Å². The van der Waals surface area contributed by atoms with Gasteiger partial charge in [0.25, 0.3) is 0 Å². The number of ether oxygens (including phenoxy) is 1. The summed E-state index contributed by atoms with van der Waals surface area (Å²) in [7, 11) is 5.71. The maximum atomic E-state index is 5.67. The first-order valence-electron chi connectivity index (χ1n) is 9.79. The maximum Gasteiger partial charge on any atom is 0.241 e. The first kappa shape index (κ1) is 18.0. The van der Waals surface area contributed by atoms with E-state index in [-0.39, 0.29) is 0 Å². The number of methoxy groups -OCH3 is 1. The van der Waals surface area contributed by atoms with Gasteiger partial charge in [-0.25, -0.2) is 0 Å². The molecule has 1 aromatic carbocycles. The Labute approximate surface area is 160 Å². The lowest BCUT2D eigenvalue weighted by Gasteiger charge is -2.22. The molecular formula is C21H28N4O2. The molecule has 1 aliphatic rings. The molecule has 144 valence electrons. The fourth-order valence-corrected chi connectivity index (χ4v) is 4.16. The molecular weight excluding hydrogens is 340 g/mol. The average Bonchev–Trinajstić information content (AvgIpc) is 3.27. The smallest absolute Gasteiger partial charge is 0.241 e. The summed E-state index contributed by atoms with van der Waals surface area (Å²) >= 11 is 0. The maximum absolute atomic E-state index is 5.67. The van der Waals surface area contributed by atoms with Crippen molar-refractivity contribution < 1.29 is 9.26 Å². The van der Waals surface area contributed by atoms with Gasteiger partial charge in [-0.2, -0.15) is 4.98 Å². The normalized spacial score (nSPS) is 15.7. The largest absolute Gasteiger partial charge is 0.495 e. The summed E-state index contributed by atoms with van der Waals surface area (Å²) in [5.74, 6) is 2.90. The predicted molar refractivity (Wildman–Crippen MR) is 106 cm³/mol. The van der Waals surface area contributed by atoms with E-state index < -0.39 is 0 Å². The van der Waals surface area contributed by atoms with Crippen molar-refractivity contribution in [2.45, 2.75) is 45.2 Å². The van der Waals surface area contributed by atoms with Crippen LogP contribution in [0.4, 0.5) is 0 Å². The molecule has 0 amide bonds. The zero-order valence-electron chi connectivity index (χ0n) is 16.4. The summed E-state index contributed by atoms with van der Waals surface area (Å²) in [5, 5.41) is 5.35. The number of hydrogen-bond donors (Lipinski definition) is 0. The number of nitrogens with zero attached hydrogens (tertiary/aromatic N) is 4. The Bertz CT molecular complexity index is 906. The first-order chi connectivity index (χ1) is 13.2. The third kappa shape index (κ3) is 3.72. The van der Waals surface area contributed by atoms with Crippen LogP contribution in [0.3, 0.4) is 0 Å². The summed E-state index contributed by atoms with van der Waals surface area (Å²) in [6.07, 6.45) is 8.83.